The number of carbonyl (C=O) groups excluding carboxylic acids is 2. The normalized spacial score (nSPS) is 15.2. The molecule has 0 aliphatic carbocycles. The minimum Gasteiger partial charge on any atom is -0.497 e. The number of rotatable bonds is 8. The molecule has 2 N–H and O–H groups in total. The van der Waals surface area contributed by atoms with Gasteiger partial charge in [-0.15, -0.1) is 0 Å². The maximum Gasteiger partial charge on any atom is 0.321 e. The van der Waals surface area contributed by atoms with E-state index >= 15 is 0 Å². The lowest BCUT2D eigenvalue weighted by Gasteiger charge is -2.33. The van der Waals surface area contributed by atoms with Crippen molar-refractivity contribution in [1.82, 2.24) is 10.2 Å². The predicted molar refractivity (Wildman–Crippen MR) is 141 cm³/mol. The SMILES string of the molecule is CCOc1ccc(NC(=O)N2CCC[C@H](c3cccc(C(=O)NCc4cccc(OC)c4)c3)C2)cc1. The van der Waals surface area contributed by atoms with Crippen LogP contribution in [0.4, 0.5) is 10.5 Å². The Hall–Kier alpha value is -4.00. The molecule has 0 bridgehead atoms. The Bertz CT molecular complexity index is 1180. The molecule has 1 saturated heterocycles. The first-order chi connectivity index (χ1) is 17.6. The Morgan fingerprint density at radius 2 is 1.81 bits per heavy atom. The second-order valence-corrected chi connectivity index (χ2v) is 8.83. The van der Waals surface area contributed by atoms with Crippen LogP contribution in [0.25, 0.3) is 0 Å². The monoisotopic (exact) mass is 487 g/mol. The lowest BCUT2D eigenvalue weighted by Crippen LogP contribution is -2.41. The molecule has 36 heavy (non-hydrogen) atoms. The van der Waals surface area contributed by atoms with Crippen LogP contribution in [-0.4, -0.2) is 43.6 Å². The van der Waals surface area contributed by atoms with Crippen LogP contribution in [0.1, 0.15) is 47.2 Å². The lowest BCUT2D eigenvalue weighted by molar-refractivity contribution is 0.0950. The van der Waals surface area contributed by atoms with Crippen LogP contribution in [0.3, 0.4) is 0 Å². The highest BCUT2D eigenvalue weighted by Crippen LogP contribution is 2.28. The Labute approximate surface area is 212 Å². The largest absolute Gasteiger partial charge is 0.497 e. The first-order valence-corrected chi connectivity index (χ1v) is 12.4. The summed E-state index contributed by atoms with van der Waals surface area (Å²) in [5.74, 6) is 1.59. The van der Waals surface area contributed by atoms with Gasteiger partial charge in [-0.3, -0.25) is 4.79 Å². The predicted octanol–water partition coefficient (Wildman–Crippen LogP) is 5.44. The number of benzene rings is 3. The summed E-state index contributed by atoms with van der Waals surface area (Å²) in [5.41, 5.74) is 3.40. The maximum absolute atomic E-state index is 12.9. The van der Waals surface area contributed by atoms with Gasteiger partial charge in [0.05, 0.1) is 13.7 Å². The summed E-state index contributed by atoms with van der Waals surface area (Å²) in [4.78, 5) is 27.6. The molecular weight excluding hydrogens is 454 g/mol. The van der Waals surface area contributed by atoms with Crippen LogP contribution in [0.5, 0.6) is 11.5 Å². The highest BCUT2D eigenvalue weighted by molar-refractivity contribution is 5.94. The molecule has 1 aliphatic heterocycles. The molecule has 0 spiro atoms. The number of anilines is 1. The van der Waals surface area contributed by atoms with Crippen molar-refractivity contribution in [1.29, 1.82) is 0 Å². The maximum atomic E-state index is 12.9. The van der Waals surface area contributed by atoms with E-state index in [-0.39, 0.29) is 17.9 Å². The number of ether oxygens (including phenoxy) is 2. The Balaban J connectivity index is 1.35. The average molecular weight is 488 g/mol. The smallest absolute Gasteiger partial charge is 0.321 e. The van der Waals surface area contributed by atoms with E-state index in [2.05, 4.69) is 10.6 Å². The Morgan fingerprint density at radius 1 is 1.00 bits per heavy atom. The number of methoxy groups -OCH3 is 1. The number of nitrogens with one attached hydrogen (secondary N) is 2. The number of piperidine rings is 1. The zero-order valence-electron chi connectivity index (χ0n) is 20.8. The minimum atomic E-state index is -0.124. The zero-order valence-corrected chi connectivity index (χ0v) is 20.8. The van der Waals surface area contributed by atoms with E-state index in [0.29, 0.717) is 31.8 Å². The summed E-state index contributed by atoms with van der Waals surface area (Å²) in [5, 5.41) is 5.97. The van der Waals surface area contributed by atoms with Gasteiger partial charge >= 0.3 is 6.03 Å². The quantitative estimate of drug-likeness (QED) is 0.444. The van der Waals surface area contributed by atoms with E-state index in [0.717, 1.165) is 41.2 Å². The van der Waals surface area contributed by atoms with Crippen molar-refractivity contribution >= 4 is 17.6 Å². The van der Waals surface area contributed by atoms with E-state index in [1.54, 1.807) is 7.11 Å². The molecule has 1 atom stereocenters. The highest BCUT2D eigenvalue weighted by atomic mass is 16.5. The first-order valence-electron chi connectivity index (χ1n) is 12.4. The lowest BCUT2D eigenvalue weighted by atomic mass is 9.89. The van der Waals surface area contributed by atoms with Crippen LogP contribution < -0.4 is 20.1 Å². The van der Waals surface area contributed by atoms with Crippen LogP contribution in [0.2, 0.25) is 0 Å². The summed E-state index contributed by atoms with van der Waals surface area (Å²) < 4.78 is 10.7. The summed E-state index contributed by atoms with van der Waals surface area (Å²) in [6.07, 6.45) is 1.88. The molecule has 1 fully saturated rings. The topological polar surface area (TPSA) is 79.9 Å². The van der Waals surface area contributed by atoms with E-state index < -0.39 is 0 Å². The van der Waals surface area contributed by atoms with Gasteiger partial charge < -0.3 is 25.0 Å². The number of hydrogen-bond donors (Lipinski definition) is 2. The molecular formula is C29H33N3O4. The fourth-order valence-electron chi connectivity index (χ4n) is 4.44. The van der Waals surface area contributed by atoms with Gasteiger partial charge in [0.25, 0.3) is 5.91 Å². The molecule has 3 aromatic carbocycles. The first kappa shape index (κ1) is 25.1. The second-order valence-electron chi connectivity index (χ2n) is 8.83. The average Bonchev–Trinajstić information content (AvgIpc) is 2.93. The number of likely N-dealkylation sites (tertiary alicyclic amines) is 1. The molecule has 3 amide bonds. The number of hydrogen-bond acceptors (Lipinski definition) is 4. The molecule has 0 aromatic heterocycles. The summed E-state index contributed by atoms with van der Waals surface area (Å²) >= 11 is 0. The number of amides is 3. The van der Waals surface area contributed by atoms with Crippen molar-refractivity contribution in [3.8, 4) is 11.5 Å². The third-order valence-corrected chi connectivity index (χ3v) is 6.33. The molecule has 1 heterocycles. The van der Waals surface area contributed by atoms with Gasteiger partial charge in [0.2, 0.25) is 0 Å². The molecule has 3 aromatic rings. The van der Waals surface area contributed by atoms with Crippen molar-refractivity contribution in [2.45, 2.75) is 32.2 Å². The molecule has 188 valence electrons. The van der Waals surface area contributed by atoms with Crippen molar-refractivity contribution < 1.29 is 19.1 Å². The van der Waals surface area contributed by atoms with Gasteiger partial charge in [0.15, 0.2) is 0 Å². The molecule has 4 rings (SSSR count). The van der Waals surface area contributed by atoms with Crippen molar-refractivity contribution in [2.24, 2.45) is 0 Å². The van der Waals surface area contributed by atoms with Crippen LogP contribution >= 0.6 is 0 Å². The van der Waals surface area contributed by atoms with Gasteiger partial charge in [-0.1, -0.05) is 24.3 Å². The summed E-state index contributed by atoms with van der Waals surface area (Å²) in [6, 6.07) is 22.6. The molecule has 0 radical (unpaired) electrons. The minimum absolute atomic E-state index is 0.115. The van der Waals surface area contributed by atoms with E-state index in [1.165, 1.54) is 0 Å². The van der Waals surface area contributed by atoms with Crippen LogP contribution in [0.15, 0.2) is 72.8 Å². The third kappa shape index (κ3) is 6.56. The van der Waals surface area contributed by atoms with Gasteiger partial charge in [0.1, 0.15) is 11.5 Å². The third-order valence-electron chi connectivity index (χ3n) is 6.33. The van der Waals surface area contributed by atoms with Crippen LogP contribution in [-0.2, 0) is 6.54 Å². The standard InChI is InChI=1S/C29H33N3O4/c1-3-36-26-14-12-25(13-15-26)31-29(34)32-16-6-10-24(20-32)22-8-5-9-23(18-22)28(33)30-19-21-7-4-11-27(17-21)35-2/h4-5,7-9,11-15,17-18,24H,3,6,10,16,19-20H2,1-2H3,(H,30,33)(H,31,34)/t24-/m0/s1. The van der Waals surface area contributed by atoms with E-state index in [9.17, 15) is 9.59 Å². The highest BCUT2D eigenvalue weighted by Gasteiger charge is 2.25. The molecule has 0 unspecified atom stereocenters. The summed E-state index contributed by atoms with van der Waals surface area (Å²) in [7, 11) is 1.62. The molecule has 1 aliphatic rings. The number of nitrogens with zero attached hydrogens (tertiary/aromatic N) is 1. The summed E-state index contributed by atoms with van der Waals surface area (Å²) in [6.45, 7) is 4.28. The molecule has 7 nitrogen and oxygen atoms in total. The van der Waals surface area contributed by atoms with Gasteiger partial charge in [0, 0.05) is 36.8 Å². The van der Waals surface area contributed by atoms with E-state index in [4.69, 9.17) is 9.47 Å². The van der Waals surface area contributed by atoms with Crippen molar-refractivity contribution in [2.75, 3.05) is 32.1 Å². The van der Waals surface area contributed by atoms with Gasteiger partial charge in [-0.25, -0.2) is 4.79 Å². The number of urea groups is 1. The zero-order chi connectivity index (χ0) is 25.3. The van der Waals surface area contributed by atoms with E-state index in [1.807, 2.05) is 84.6 Å². The van der Waals surface area contributed by atoms with Crippen molar-refractivity contribution in [3.63, 3.8) is 0 Å². The van der Waals surface area contributed by atoms with Crippen molar-refractivity contribution in [3.05, 3.63) is 89.5 Å². The Morgan fingerprint density at radius 3 is 2.58 bits per heavy atom. The van der Waals surface area contributed by atoms with Crippen LogP contribution in [0, 0.1) is 0 Å². The molecule has 7 heteroatoms. The Kier molecular flexibility index (Phi) is 8.44. The van der Waals surface area contributed by atoms with Gasteiger partial charge in [-0.2, -0.15) is 0 Å². The fraction of sp³-hybridized carbons (Fsp3) is 0.310. The second kappa shape index (κ2) is 12.1. The fourth-order valence-corrected chi connectivity index (χ4v) is 4.44. The number of carbonyl (C=O) groups is 2. The van der Waals surface area contributed by atoms with Gasteiger partial charge in [-0.05, 0) is 79.4 Å². The molecule has 0 saturated carbocycles.